The molecular weight excluding hydrogens is 402 g/mol. The Morgan fingerprint density at radius 3 is 2.70 bits per heavy atom. The van der Waals surface area contributed by atoms with Crippen molar-refractivity contribution < 1.29 is 13.2 Å². The van der Waals surface area contributed by atoms with Crippen LogP contribution in [0, 0.1) is 5.92 Å². The first kappa shape index (κ1) is 20.7. The third kappa shape index (κ3) is 4.77. The van der Waals surface area contributed by atoms with E-state index in [1.807, 2.05) is 18.2 Å². The quantitative estimate of drug-likeness (QED) is 0.692. The molecule has 2 saturated heterocycles. The van der Waals surface area contributed by atoms with Gasteiger partial charge in [0.2, 0.25) is 11.9 Å². The predicted molar refractivity (Wildman–Crippen MR) is 115 cm³/mol. The SMILES string of the molecule is CN(Cc1nc(N2CCCC2)ncc1-c1ccccn1)C(=O)C[C@H]1CCS(=O)(=O)C1. The fourth-order valence-electron chi connectivity index (χ4n) is 4.08. The molecule has 4 rings (SSSR count). The number of nitrogens with zero attached hydrogens (tertiary/aromatic N) is 5. The summed E-state index contributed by atoms with van der Waals surface area (Å²) in [6, 6.07) is 5.67. The van der Waals surface area contributed by atoms with Gasteiger partial charge in [0.25, 0.3) is 0 Å². The molecule has 9 heteroatoms. The van der Waals surface area contributed by atoms with Gasteiger partial charge >= 0.3 is 0 Å². The van der Waals surface area contributed by atoms with Crippen LogP contribution >= 0.6 is 0 Å². The van der Waals surface area contributed by atoms with Gasteiger partial charge in [-0.05, 0) is 37.3 Å². The Labute approximate surface area is 177 Å². The van der Waals surface area contributed by atoms with E-state index in [9.17, 15) is 13.2 Å². The van der Waals surface area contributed by atoms with Gasteiger partial charge in [0.05, 0.1) is 29.4 Å². The number of hydrogen-bond donors (Lipinski definition) is 0. The summed E-state index contributed by atoms with van der Waals surface area (Å²) in [5.74, 6) is 0.822. The second-order valence-electron chi connectivity index (χ2n) is 8.16. The molecule has 0 bridgehead atoms. The van der Waals surface area contributed by atoms with Crippen LogP contribution in [0.4, 0.5) is 5.95 Å². The summed E-state index contributed by atoms with van der Waals surface area (Å²) < 4.78 is 23.4. The largest absolute Gasteiger partial charge is 0.341 e. The maximum atomic E-state index is 12.8. The lowest BCUT2D eigenvalue weighted by atomic mass is 10.0. The van der Waals surface area contributed by atoms with E-state index in [1.165, 1.54) is 0 Å². The van der Waals surface area contributed by atoms with E-state index in [2.05, 4.69) is 14.9 Å². The third-order valence-electron chi connectivity index (χ3n) is 5.79. The van der Waals surface area contributed by atoms with E-state index in [-0.39, 0.29) is 29.8 Å². The van der Waals surface area contributed by atoms with E-state index in [0.29, 0.717) is 18.9 Å². The van der Waals surface area contributed by atoms with Crippen LogP contribution in [0.3, 0.4) is 0 Å². The van der Waals surface area contributed by atoms with Crippen molar-refractivity contribution in [3.63, 3.8) is 0 Å². The minimum absolute atomic E-state index is 0.0644. The van der Waals surface area contributed by atoms with Gasteiger partial charge in [-0.25, -0.2) is 18.4 Å². The van der Waals surface area contributed by atoms with Crippen molar-refractivity contribution in [2.75, 3.05) is 36.5 Å². The zero-order valence-electron chi connectivity index (χ0n) is 17.2. The van der Waals surface area contributed by atoms with E-state index in [1.54, 1.807) is 24.3 Å². The molecule has 4 heterocycles. The number of amides is 1. The van der Waals surface area contributed by atoms with Crippen LogP contribution in [-0.4, -0.2) is 65.8 Å². The van der Waals surface area contributed by atoms with E-state index in [0.717, 1.165) is 42.9 Å². The number of anilines is 1. The lowest BCUT2D eigenvalue weighted by molar-refractivity contribution is -0.131. The molecule has 0 radical (unpaired) electrons. The number of pyridine rings is 1. The van der Waals surface area contributed by atoms with Crippen molar-refractivity contribution in [3.8, 4) is 11.3 Å². The number of sulfone groups is 1. The van der Waals surface area contributed by atoms with Crippen LogP contribution in [0.25, 0.3) is 11.3 Å². The Bertz CT molecular complexity index is 1010. The molecule has 2 aromatic heterocycles. The number of carbonyl (C=O) groups is 1. The molecule has 160 valence electrons. The average Bonchev–Trinajstić information content (AvgIpc) is 3.38. The number of aromatic nitrogens is 3. The van der Waals surface area contributed by atoms with Crippen molar-refractivity contribution in [2.45, 2.75) is 32.2 Å². The van der Waals surface area contributed by atoms with Crippen molar-refractivity contribution in [1.29, 1.82) is 0 Å². The van der Waals surface area contributed by atoms with Crippen molar-refractivity contribution in [3.05, 3.63) is 36.3 Å². The average molecular weight is 430 g/mol. The van der Waals surface area contributed by atoms with Crippen LogP contribution in [0.1, 0.15) is 31.4 Å². The molecule has 0 saturated carbocycles. The maximum absolute atomic E-state index is 12.8. The number of hydrogen-bond acceptors (Lipinski definition) is 7. The molecule has 0 aromatic carbocycles. The highest BCUT2D eigenvalue weighted by atomic mass is 32.2. The zero-order chi connectivity index (χ0) is 21.1. The fourth-order valence-corrected chi connectivity index (χ4v) is 5.94. The van der Waals surface area contributed by atoms with Crippen molar-refractivity contribution in [2.24, 2.45) is 5.92 Å². The van der Waals surface area contributed by atoms with Gasteiger partial charge in [-0.1, -0.05) is 6.07 Å². The fraction of sp³-hybridized carbons (Fsp3) is 0.524. The summed E-state index contributed by atoms with van der Waals surface area (Å²) in [6.07, 6.45) is 6.59. The smallest absolute Gasteiger partial charge is 0.225 e. The van der Waals surface area contributed by atoms with Gasteiger partial charge in [-0.2, -0.15) is 0 Å². The van der Waals surface area contributed by atoms with Crippen LogP contribution < -0.4 is 4.90 Å². The highest BCUT2D eigenvalue weighted by Crippen LogP contribution is 2.26. The first-order chi connectivity index (χ1) is 14.4. The molecular formula is C21H27N5O3S. The van der Waals surface area contributed by atoms with Crippen LogP contribution in [0.15, 0.2) is 30.6 Å². The molecule has 0 spiro atoms. The summed E-state index contributed by atoms with van der Waals surface area (Å²) in [7, 11) is -1.25. The van der Waals surface area contributed by atoms with Gasteiger partial charge < -0.3 is 9.80 Å². The van der Waals surface area contributed by atoms with Gasteiger partial charge in [-0.3, -0.25) is 9.78 Å². The second kappa shape index (κ2) is 8.67. The molecule has 1 atom stereocenters. The number of carbonyl (C=O) groups excluding carboxylic acids is 1. The molecule has 0 aliphatic carbocycles. The van der Waals surface area contributed by atoms with Crippen molar-refractivity contribution in [1.82, 2.24) is 19.9 Å². The van der Waals surface area contributed by atoms with Gasteiger partial charge in [0.1, 0.15) is 0 Å². The van der Waals surface area contributed by atoms with E-state index >= 15 is 0 Å². The number of rotatable bonds is 6. The van der Waals surface area contributed by atoms with Gasteiger partial charge in [0.15, 0.2) is 9.84 Å². The summed E-state index contributed by atoms with van der Waals surface area (Å²) in [5.41, 5.74) is 2.32. The van der Waals surface area contributed by atoms with Gasteiger partial charge in [-0.15, -0.1) is 0 Å². The second-order valence-corrected chi connectivity index (χ2v) is 10.4. The van der Waals surface area contributed by atoms with Crippen LogP contribution in [0.2, 0.25) is 0 Å². The summed E-state index contributed by atoms with van der Waals surface area (Å²) in [5, 5.41) is 0. The molecule has 30 heavy (non-hydrogen) atoms. The molecule has 2 aromatic rings. The standard InChI is InChI=1S/C21H27N5O3S/c1-25(20(27)12-16-7-11-30(28,29)15-16)14-19-17(18-6-2-3-8-22-18)13-23-21(24-19)26-9-4-5-10-26/h2-3,6,8,13,16H,4-5,7,9-12,14-15H2,1H3/t16-/m1/s1. The molecule has 0 N–H and O–H groups in total. The predicted octanol–water partition coefficient (Wildman–Crippen LogP) is 1.92. The molecule has 2 aliphatic rings. The molecule has 1 amide bonds. The third-order valence-corrected chi connectivity index (χ3v) is 7.62. The molecule has 2 fully saturated rings. The Kier molecular flexibility index (Phi) is 5.99. The molecule has 0 unspecified atom stereocenters. The Balaban J connectivity index is 1.54. The lowest BCUT2D eigenvalue weighted by Gasteiger charge is -2.22. The Morgan fingerprint density at radius 1 is 1.23 bits per heavy atom. The summed E-state index contributed by atoms with van der Waals surface area (Å²) in [6.45, 7) is 2.20. The highest BCUT2D eigenvalue weighted by Gasteiger charge is 2.30. The van der Waals surface area contributed by atoms with Crippen molar-refractivity contribution >= 4 is 21.7 Å². The minimum atomic E-state index is -2.99. The van der Waals surface area contributed by atoms with E-state index < -0.39 is 9.84 Å². The van der Waals surface area contributed by atoms with E-state index in [4.69, 9.17) is 4.98 Å². The Hall–Kier alpha value is -2.55. The normalized spacial score (nSPS) is 20.4. The maximum Gasteiger partial charge on any atom is 0.225 e. The Morgan fingerprint density at radius 2 is 2.03 bits per heavy atom. The first-order valence-electron chi connectivity index (χ1n) is 10.4. The van der Waals surface area contributed by atoms with Crippen LogP contribution in [-0.2, 0) is 21.2 Å². The lowest BCUT2D eigenvalue weighted by Crippen LogP contribution is -2.29. The molecule has 8 nitrogen and oxygen atoms in total. The highest BCUT2D eigenvalue weighted by molar-refractivity contribution is 7.91. The zero-order valence-corrected chi connectivity index (χ0v) is 18.0. The molecule has 2 aliphatic heterocycles. The summed E-state index contributed by atoms with van der Waals surface area (Å²) >= 11 is 0. The minimum Gasteiger partial charge on any atom is -0.341 e. The van der Waals surface area contributed by atoms with Gasteiger partial charge in [0, 0.05) is 44.5 Å². The summed E-state index contributed by atoms with van der Waals surface area (Å²) in [4.78, 5) is 30.3. The first-order valence-corrected chi connectivity index (χ1v) is 12.2. The van der Waals surface area contributed by atoms with Crippen LogP contribution in [0.5, 0.6) is 0 Å². The monoisotopic (exact) mass is 429 g/mol. The topological polar surface area (TPSA) is 96.4 Å².